The molecule has 156 valence electrons. The van der Waals surface area contributed by atoms with Crippen molar-refractivity contribution < 1.29 is 22.7 Å². The first-order valence-corrected chi connectivity index (χ1v) is 11.7. The van der Waals surface area contributed by atoms with Gasteiger partial charge in [0, 0.05) is 23.4 Å². The van der Waals surface area contributed by atoms with Crippen molar-refractivity contribution in [2.75, 3.05) is 20.2 Å². The Labute approximate surface area is 175 Å². The minimum absolute atomic E-state index is 0.0543. The fourth-order valence-corrected chi connectivity index (χ4v) is 4.42. The smallest absolute Gasteiger partial charge is 0.254 e. The van der Waals surface area contributed by atoms with Crippen LogP contribution in [0.25, 0.3) is 0 Å². The highest BCUT2D eigenvalue weighted by molar-refractivity contribution is 8.13. The summed E-state index contributed by atoms with van der Waals surface area (Å²) >= 11 is 0. The van der Waals surface area contributed by atoms with Crippen LogP contribution in [0, 0.1) is 13.8 Å². The number of carbonyl (C=O) groups excluding carboxylic acids is 1. The summed E-state index contributed by atoms with van der Waals surface area (Å²) in [5.41, 5.74) is 3.16. The molecule has 0 bridgehead atoms. The number of methoxy groups -OCH3 is 1. The van der Waals surface area contributed by atoms with Crippen molar-refractivity contribution in [1.82, 2.24) is 4.90 Å². The van der Waals surface area contributed by atoms with Crippen molar-refractivity contribution in [3.05, 3.63) is 64.7 Å². The molecule has 3 rings (SSSR count). The van der Waals surface area contributed by atoms with Crippen LogP contribution in [0.1, 0.15) is 27.0 Å². The molecule has 0 radical (unpaired) electrons. The lowest BCUT2D eigenvalue weighted by Gasteiger charge is -2.19. The lowest BCUT2D eigenvalue weighted by molar-refractivity contribution is 0.0339. The van der Waals surface area contributed by atoms with Crippen molar-refractivity contribution >= 4 is 25.6 Å². The molecule has 1 aliphatic rings. The minimum Gasteiger partial charge on any atom is -0.486 e. The monoisotopic (exact) mass is 437 g/mol. The molecule has 2 aromatic rings. The summed E-state index contributed by atoms with van der Waals surface area (Å²) in [6.07, 6.45) is -0.651. The summed E-state index contributed by atoms with van der Waals surface area (Å²) in [6, 6.07) is 12.6. The van der Waals surface area contributed by atoms with Crippen LogP contribution < -0.4 is 4.74 Å². The van der Waals surface area contributed by atoms with Crippen LogP contribution in [0.5, 0.6) is 5.75 Å². The molecule has 1 fully saturated rings. The van der Waals surface area contributed by atoms with Gasteiger partial charge in [0.1, 0.15) is 18.0 Å². The van der Waals surface area contributed by atoms with Gasteiger partial charge in [-0.3, -0.25) is 4.79 Å². The number of rotatable bonds is 6. The van der Waals surface area contributed by atoms with Gasteiger partial charge in [-0.25, -0.2) is 8.42 Å². The van der Waals surface area contributed by atoms with Crippen molar-refractivity contribution in [3.63, 3.8) is 0 Å². The number of likely N-dealkylation sites (tertiary alicyclic amines) is 1. The van der Waals surface area contributed by atoms with Gasteiger partial charge >= 0.3 is 0 Å². The number of ether oxygens (including phenoxy) is 2. The molecule has 2 aromatic carbocycles. The van der Waals surface area contributed by atoms with E-state index in [-0.39, 0.29) is 23.9 Å². The second-order valence-electron chi connectivity index (χ2n) is 7.29. The van der Waals surface area contributed by atoms with Crippen LogP contribution in [0.2, 0.25) is 0 Å². The first-order valence-electron chi connectivity index (χ1n) is 9.23. The zero-order valence-corrected chi connectivity index (χ0v) is 18.2. The number of nitrogens with zero attached hydrogens (tertiary/aromatic N) is 1. The van der Waals surface area contributed by atoms with Gasteiger partial charge in [-0.1, -0.05) is 29.8 Å². The Morgan fingerprint density at radius 1 is 1.14 bits per heavy atom. The van der Waals surface area contributed by atoms with E-state index in [0.717, 1.165) is 11.1 Å². The van der Waals surface area contributed by atoms with Gasteiger partial charge in [-0.05, 0) is 43.2 Å². The van der Waals surface area contributed by atoms with Crippen LogP contribution >= 0.6 is 10.7 Å². The maximum absolute atomic E-state index is 13.0. The first kappa shape index (κ1) is 21.6. The average molecular weight is 438 g/mol. The van der Waals surface area contributed by atoms with Gasteiger partial charge < -0.3 is 14.4 Å². The molecule has 0 aliphatic carbocycles. The standard InChI is InChI=1S/C21H24ClNO5S/c1-14-7-8-15(2)18(9-14)21(24)23-11-19(27-3)20(12-23)28-17-6-4-5-16(10-17)13-29(22,25)26/h4-10,19-20H,11-13H2,1-3H3/t19-,20-/m1/s1. The number of benzene rings is 2. The molecule has 1 aliphatic heterocycles. The fraction of sp³-hybridized carbons (Fsp3) is 0.381. The summed E-state index contributed by atoms with van der Waals surface area (Å²) in [6.45, 7) is 4.67. The Morgan fingerprint density at radius 2 is 1.86 bits per heavy atom. The Balaban J connectivity index is 1.75. The quantitative estimate of drug-likeness (QED) is 0.648. The molecule has 0 N–H and O–H groups in total. The fourth-order valence-electron chi connectivity index (χ4n) is 3.47. The third-order valence-corrected chi connectivity index (χ3v) is 5.96. The summed E-state index contributed by atoms with van der Waals surface area (Å²) in [4.78, 5) is 14.8. The van der Waals surface area contributed by atoms with E-state index in [4.69, 9.17) is 20.2 Å². The molecule has 6 nitrogen and oxygen atoms in total. The topological polar surface area (TPSA) is 72.9 Å². The number of hydrogen-bond donors (Lipinski definition) is 0. The van der Waals surface area contributed by atoms with Crippen molar-refractivity contribution in [2.24, 2.45) is 0 Å². The van der Waals surface area contributed by atoms with Crippen LogP contribution in [-0.4, -0.2) is 51.6 Å². The predicted octanol–water partition coefficient (Wildman–Crippen LogP) is 3.29. The number of halogens is 1. The SMILES string of the molecule is CO[C@@H]1CN(C(=O)c2cc(C)ccc2C)C[C@H]1Oc1cccc(CS(=O)(=O)Cl)c1. The number of carbonyl (C=O) groups is 1. The Kier molecular flexibility index (Phi) is 6.51. The molecule has 1 saturated heterocycles. The normalized spacial score (nSPS) is 19.4. The largest absolute Gasteiger partial charge is 0.486 e. The first-order chi connectivity index (χ1) is 13.7. The molecule has 0 spiro atoms. The Bertz CT molecular complexity index is 1010. The summed E-state index contributed by atoms with van der Waals surface area (Å²) in [5.74, 6) is 0.179. The average Bonchev–Trinajstić information content (AvgIpc) is 3.05. The molecular weight excluding hydrogens is 414 g/mol. The molecular formula is C21H24ClNO5S. The zero-order valence-electron chi connectivity index (χ0n) is 16.6. The van der Waals surface area contributed by atoms with E-state index in [9.17, 15) is 13.2 Å². The van der Waals surface area contributed by atoms with Crippen molar-refractivity contribution in [3.8, 4) is 5.75 Å². The Hall–Kier alpha value is -2.09. The lowest BCUT2D eigenvalue weighted by atomic mass is 10.0. The van der Waals surface area contributed by atoms with Gasteiger partial charge in [-0.2, -0.15) is 0 Å². The van der Waals surface area contributed by atoms with E-state index in [1.165, 1.54) is 0 Å². The molecule has 2 atom stereocenters. The van der Waals surface area contributed by atoms with Crippen LogP contribution in [-0.2, 0) is 19.5 Å². The van der Waals surface area contributed by atoms with Crippen molar-refractivity contribution in [2.45, 2.75) is 31.8 Å². The number of aryl methyl sites for hydroxylation is 2. The van der Waals surface area contributed by atoms with Gasteiger partial charge in [-0.15, -0.1) is 0 Å². The van der Waals surface area contributed by atoms with Crippen LogP contribution in [0.3, 0.4) is 0 Å². The summed E-state index contributed by atoms with van der Waals surface area (Å²) in [7, 11) is 3.27. The molecule has 0 saturated carbocycles. The molecule has 29 heavy (non-hydrogen) atoms. The molecule has 1 amide bonds. The molecule has 1 heterocycles. The zero-order chi connectivity index (χ0) is 21.2. The maximum atomic E-state index is 13.0. The highest BCUT2D eigenvalue weighted by Crippen LogP contribution is 2.24. The number of amides is 1. The molecule has 0 unspecified atom stereocenters. The third kappa shape index (κ3) is 5.50. The third-order valence-electron chi connectivity index (χ3n) is 4.95. The highest BCUT2D eigenvalue weighted by Gasteiger charge is 2.37. The van der Waals surface area contributed by atoms with Gasteiger partial charge in [0.2, 0.25) is 9.05 Å². The van der Waals surface area contributed by atoms with E-state index in [0.29, 0.717) is 30.0 Å². The predicted molar refractivity (Wildman–Crippen MR) is 112 cm³/mol. The highest BCUT2D eigenvalue weighted by atomic mass is 35.7. The second-order valence-corrected chi connectivity index (χ2v) is 10.1. The summed E-state index contributed by atoms with van der Waals surface area (Å²) in [5, 5.41) is 0. The lowest BCUT2D eigenvalue weighted by Crippen LogP contribution is -2.32. The Morgan fingerprint density at radius 3 is 2.55 bits per heavy atom. The van der Waals surface area contributed by atoms with E-state index in [1.807, 2.05) is 32.0 Å². The van der Waals surface area contributed by atoms with Gasteiger partial charge in [0.05, 0.1) is 18.8 Å². The second kappa shape index (κ2) is 8.73. The van der Waals surface area contributed by atoms with E-state index >= 15 is 0 Å². The van der Waals surface area contributed by atoms with Gasteiger partial charge in [0.15, 0.2) is 0 Å². The maximum Gasteiger partial charge on any atom is 0.254 e. The van der Waals surface area contributed by atoms with Gasteiger partial charge in [0.25, 0.3) is 5.91 Å². The van der Waals surface area contributed by atoms with E-state index < -0.39 is 9.05 Å². The van der Waals surface area contributed by atoms with Crippen LogP contribution in [0.15, 0.2) is 42.5 Å². The summed E-state index contributed by atoms with van der Waals surface area (Å²) < 4.78 is 34.2. The van der Waals surface area contributed by atoms with E-state index in [2.05, 4.69) is 0 Å². The number of hydrogen-bond acceptors (Lipinski definition) is 5. The minimum atomic E-state index is -3.66. The molecule has 8 heteroatoms. The van der Waals surface area contributed by atoms with Crippen LogP contribution in [0.4, 0.5) is 0 Å². The van der Waals surface area contributed by atoms with Crippen molar-refractivity contribution in [1.29, 1.82) is 0 Å². The molecule has 0 aromatic heterocycles. The van der Waals surface area contributed by atoms with E-state index in [1.54, 1.807) is 36.3 Å².